The summed E-state index contributed by atoms with van der Waals surface area (Å²) in [5, 5.41) is 0.583. The number of hydrogen-bond donors (Lipinski definition) is 2. The average molecular weight is 374 g/mol. The van der Waals surface area contributed by atoms with Crippen molar-refractivity contribution in [3.63, 3.8) is 0 Å². The molecule has 6 heteroatoms. The molecule has 0 aliphatic rings. The van der Waals surface area contributed by atoms with Crippen LogP contribution in [0.1, 0.15) is 28.8 Å². The number of amides is 1. The molecule has 0 atom stereocenters. The Balaban J connectivity index is 1.54. The standard InChI is InChI=1S/C22H22N4O2/c1-3-26(11-10-21-24-17-9-8-14(2)12-18(17)25-21)22(28)19-13-20(27)15-6-4-5-7-16(15)23-19/h4-9,12-13H,3,10-11H2,1-2H3,(H,23,27)(H,24,25). The van der Waals surface area contributed by atoms with Crippen LogP contribution in [-0.2, 0) is 6.42 Å². The molecule has 2 aromatic heterocycles. The van der Waals surface area contributed by atoms with Gasteiger partial charge in [0.05, 0.1) is 11.0 Å². The molecular formula is C22H22N4O2. The van der Waals surface area contributed by atoms with Crippen LogP contribution in [0.4, 0.5) is 0 Å². The molecule has 4 rings (SSSR count). The Morgan fingerprint density at radius 1 is 1.07 bits per heavy atom. The summed E-state index contributed by atoms with van der Waals surface area (Å²) in [6, 6.07) is 14.7. The van der Waals surface area contributed by atoms with E-state index < -0.39 is 0 Å². The van der Waals surface area contributed by atoms with Gasteiger partial charge in [-0.25, -0.2) is 4.98 Å². The molecule has 0 radical (unpaired) electrons. The molecule has 0 unspecified atom stereocenters. The normalized spacial score (nSPS) is 11.2. The van der Waals surface area contributed by atoms with Gasteiger partial charge >= 0.3 is 0 Å². The minimum Gasteiger partial charge on any atom is -0.350 e. The number of H-pyrrole nitrogens is 2. The van der Waals surface area contributed by atoms with Gasteiger partial charge in [-0.1, -0.05) is 18.2 Å². The fourth-order valence-electron chi connectivity index (χ4n) is 3.42. The lowest BCUT2D eigenvalue weighted by Crippen LogP contribution is -2.34. The van der Waals surface area contributed by atoms with Crippen molar-refractivity contribution in [2.45, 2.75) is 20.3 Å². The highest BCUT2D eigenvalue weighted by molar-refractivity contribution is 5.94. The monoisotopic (exact) mass is 374 g/mol. The number of carbonyl (C=O) groups is 1. The molecular weight excluding hydrogens is 352 g/mol. The summed E-state index contributed by atoms with van der Waals surface area (Å²) in [7, 11) is 0. The lowest BCUT2D eigenvalue weighted by molar-refractivity contribution is 0.0760. The van der Waals surface area contributed by atoms with Crippen LogP contribution >= 0.6 is 0 Å². The Labute approximate surface area is 162 Å². The third-order valence-corrected chi connectivity index (χ3v) is 4.94. The number of rotatable bonds is 5. The van der Waals surface area contributed by atoms with E-state index >= 15 is 0 Å². The predicted molar refractivity (Wildman–Crippen MR) is 111 cm³/mol. The van der Waals surface area contributed by atoms with Gasteiger partial charge in [0.15, 0.2) is 5.43 Å². The second kappa shape index (κ2) is 7.31. The van der Waals surface area contributed by atoms with E-state index in [9.17, 15) is 9.59 Å². The van der Waals surface area contributed by atoms with Crippen LogP contribution in [0.15, 0.2) is 53.3 Å². The third kappa shape index (κ3) is 3.41. The Kier molecular flexibility index (Phi) is 4.69. The Bertz CT molecular complexity index is 1220. The van der Waals surface area contributed by atoms with E-state index in [0.717, 1.165) is 16.9 Å². The summed E-state index contributed by atoms with van der Waals surface area (Å²) in [6.07, 6.45) is 0.616. The van der Waals surface area contributed by atoms with Crippen molar-refractivity contribution in [1.82, 2.24) is 19.9 Å². The molecule has 1 amide bonds. The highest BCUT2D eigenvalue weighted by Crippen LogP contribution is 2.14. The molecule has 0 spiro atoms. The summed E-state index contributed by atoms with van der Waals surface area (Å²) in [5.41, 5.74) is 3.93. The van der Waals surface area contributed by atoms with Crippen molar-refractivity contribution < 1.29 is 4.79 Å². The number of likely N-dealkylation sites (N-methyl/N-ethyl adjacent to an activating group) is 1. The molecule has 2 N–H and O–H groups in total. The minimum absolute atomic E-state index is 0.151. The number of benzene rings is 2. The fraction of sp³-hybridized carbons (Fsp3) is 0.227. The van der Waals surface area contributed by atoms with Gasteiger partial charge in [-0.3, -0.25) is 9.59 Å². The van der Waals surface area contributed by atoms with E-state index in [1.165, 1.54) is 11.6 Å². The Hall–Kier alpha value is -3.41. The first-order valence-electron chi connectivity index (χ1n) is 9.41. The maximum Gasteiger partial charge on any atom is 0.270 e. The number of nitrogens with zero attached hydrogens (tertiary/aromatic N) is 2. The second-order valence-electron chi connectivity index (χ2n) is 6.93. The molecule has 142 valence electrons. The van der Waals surface area contributed by atoms with Gasteiger partial charge in [0.1, 0.15) is 11.5 Å². The van der Waals surface area contributed by atoms with E-state index in [0.29, 0.717) is 36.1 Å². The summed E-state index contributed by atoms with van der Waals surface area (Å²) in [5.74, 6) is 0.663. The van der Waals surface area contributed by atoms with Gasteiger partial charge in [0, 0.05) is 36.5 Å². The number of imidazole rings is 1. The quantitative estimate of drug-likeness (QED) is 0.562. The molecule has 2 aromatic carbocycles. The number of aromatic nitrogens is 3. The van der Waals surface area contributed by atoms with Crippen molar-refractivity contribution in [1.29, 1.82) is 0 Å². The molecule has 2 heterocycles. The summed E-state index contributed by atoms with van der Waals surface area (Å²) in [6.45, 7) is 5.04. The first-order valence-corrected chi connectivity index (χ1v) is 9.41. The van der Waals surface area contributed by atoms with Crippen molar-refractivity contribution in [2.24, 2.45) is 0 Å². The van der Waals surface area contributed by atoms with Crippen LogP contribution in [0, 0.1) is 6.92 Å². The van der Waals surface area contributed by atoms with Crippen LogP contribution < -0.4 is 5.43 Å². The lowest BCUT2D eigenvalue weighted by Gasteiger charge is -2.20. The van der Waals surface area contributed by atoms with Crippen LogP contribution in [0.5, 0.6) is 0 Å². The van der Waals surface area contributed by atoms with E-state index in [2.05, 4.69) is 21.0 Å². The molecule has 0 bridgehead atoms. The molecule has 0 aliphatic heterocycles. The van der Waals surface area contributed by atoms with Crippen molar-refractivity contribution in [3.05, 3.63) is 75.8 Å². The summed E-state index contributed by atoms with van der Waals surface area (Å²) >= 11 is 0. The summed E-state index contributed by atoms with van der Waals surface area (Å²) in [4.78, 5) is 38.0. The first-order chi connectivity index (χ1) is 13.5. The molecule has 0 aliphatic carbocycles. The number of aromatic amines is 2. The smallest absolute Gasteiger partial charge is 0.270 e. The number of nitrogens with one attached hydrogen (secondary N) is 2. The van der Waals surface area contributed by atoms with E-state index in [1.54, 1.807) is 17.0 Å². The molecule has 0 saturated carbocycles. The number of para-hydroxylation sites is 1. The number of fused-ring (bicyclic) bond motifs is 2. The highest BCUT2D eigenvalue weighted by atomic mass is 16.2. The van der Waals surface area contributed by atoms with Gasteiger partial charge in [0.2, 0.25) is 0 Å². The first kappa shape index (κ1) is 18.0. The van der Waals surface area contributed by atoms with Gasteiger partial charge in [-0.2, -0.15) is 0 Å². The zero-order chi connectivity index (χ0) is 19.7. The number of carbonyl (C=O) groups excluding carboxylic acids is 1. The predicted octanol–water partition coefficient (Wildman–Crippen LogP) is 3.42. The number of pyridine rings is 1. The molecule has 28 heavy (non-hydrogen) atoms. The van der Waals surface area contributed by atoms with Crippen LogP contribution in [0.3, 0.4) is 0 Å². The van der Waals surface area contributed by atoms with E-state index in [-0.39, 0.29) is 11.3 Å². The largest absolute Gasteiger partial charge is 0.350 e. The van der Waals surface area contributed by atoms with E-state index in [4.69, 9.17) is 0 Å². The highest BCUT2D eigenvalue weighted by Gasteiger charge is 2.17. The van der Waals surface area contributed by atoms with Crippen LogP contribution in [0.2, 0.25) is 0 Å². The molecule has 0 fully saturated rings. The van der Waals surface area contributed by atoms with Gasteiger partial charge in [0.25, 0.3) is 5.91 Å². The van der Waals surface area contributed by atoms with Crippen LogP contribution in [0.25, 0.3) is 21.9 Å². The zero-order valence-corrected chi connectivity index (χ0v) is 16.0. The maximum absolute atomic E-state index is 12.9. The third-order valence-electron chi connectivity index (χ3n) is 4.94. The van der Waals surface area contributed by atoms with Crippen molar-refractivity contribution >= 4 is 27.8 Å². The lowest BCUT2D eigenvalue weighted by atomic mass is 10.2. The SMILES string of the molecule is CCN(CCc1nc2ccc(C)cc2[nH]1)C(=O)c1cc(=O)c2ccccc2[nH]1. The molecule has 6 nitrogen and oxygen atoms in total. The fourth-order valence-corrected chi connectivity index (χ4v) is 3.42. The second-order valence-corrected chi connectivity index (χ2v) is 6.93. The average Bonchev–Trinajstić information content (AvgIpc) is 3.10. The topological polar surface area (TPSA) is 81.8 Å². The number of hydrogen-bond acceptors (Lipinski definition) is 3. The maximum atomic E-state index is 12.9. The minimum atomic E-state index is -0.183. The van der Waals surface area contributed by atoms with Gasteiger partial charge in [-0.15, -0.1) is 0 Å². The van der Waals surface area contributed by atoms with Gasteiger partial charge in [-0.05, 0) is 43.7 Å². The van der Waals surface area contributed by atoms with Crippen LogP contribution in [-0.4, -0.2) is 38.8 Å². The molecule has 0 saturated heterocycles. The Morgan fingerprint density at radius 3 is 2.71 bits per heavy atom. The van der Waals surface area contributed by atoms with E-state index in [1.807, 2.05) is 38.1 Å². The zero-order valence-electron chi connectivity index (χ0n) is 16.0. The van der Waals surface area contributed by atoms with Crippen molar-refractivity contribution in [2.75, 3.05) is 13.1 Å². The number of aryl methyl sites for hydroxylation is 1. The Morgan fingerprint density at radius 2 is 1.89 bits per heavy atom. The summed E-state index contributed by atoms with van der Waals surface area (Å²) < 4.78 is 0. The molecule has 4 aromatic rings. The van der Waals surface area contributed by atoms with Crippen molar-refractivity contribution in [3.8, 4) is 0 Å². The van der Waals surface area contributed by atoms with Gasteiger partial charge < -0.3 is 14.9 Å².